The SMILES string of the molecule is CCN(CF)c1ccc(F)cc1F. The van der Waals surface area contributed by atoms with Crippen LogP contribution in [-0.4, -0.2) is 13.3 Å². The number of alkyl halides is 1. The van der Waals surface area contributed by atoms with E-state index in [0.717, 1.165) is 12.1 Å². The van der Waals surface area contributed by atoms with Crippen LogP contribution in [0, 0.1) is 11.6 Å². The van der Waals surface area contributed by atoms with Crippen molar-refractivity contribution in [3.8, 4) is 0 Å². The van der Waals surface area contributed by atoms with Gasteiger partial charge in [-0.2, -0.15) is 0 Å². The first kappa shape index (κ1) is 9.89. The number of nitrogens with zero attached hydrogens (tertiary/aromatic N) is 1. The zero-order valence-corrected chi connectivity index (χ0v) is 7.23. The molecule has 0 spiro atoms. The van der Waals surface area contributed by atoms with E-state index in [-0.39, 0.29) is 5.69 Å². The molecule has 1 aromatic rings. The van der Waals surface area contributed by atoms with Crippen molar-refractivity contribution < 1.29 is 13.2 Å². The number of hydrogen-bond acceptors (Lipinski definition) is 1. The van der Waals surface area contributed by atoms with Crippen molar-refractivity contribution in [2.24, 2.45) is 0 Å². The second kappa shape index (κ2) is 4.16. The van der Waals surface area contributed by atoms with Gasteiger partial charge in [-0.25, -0.2) is 13.2 Å². The third-order valence-corrected chi connectivity index (χ3v) is 1.78. The number of anilines is 1. The molecule has 0 amide bonds. The van der Waals surface area contributed by atoms with E-state index >= 15 is 0 Å². The first-order chi connectivity index (χ1) is 6.19. The van der Waals surface area contributed by atoms with Gasteiger partial charge in [-0.15, -0.1) is 0 Å². The third-order valence-electron chi connectivity index (χ3n) is 1.78. The third kappa shape index (κ3) is 2.14. The summed E-state index contributed by atoms with van der Waals surface area (Å²) < 4.78 is 37.8. The van der Waals surface area contributed by atoms with Gasteiger partial charge in [0.15, 0.2) is 6.80 Å². The molecule has 0 aromatic heterocycles. The molecular weight excluding hydrogens is 179 g/mol. The molecule has 0 fully saturated rings. The lowest BCUT2D eigenvalue weighted by molar-refractivity contribution is 0.471. The highest BCUT2D eigenvalue weighted by Crippen LogP contribution is 2.19. The largest absolute Gasteiger partial charge is 0.342 e. The van der Waals surface area contributed by atoms with E-state index in [4.69, 9.17) is 0 Å². The van der Waals surface area contributed by atoms with E-state index in [1.165, 1.54) is 11.0 Å². The number of hydrogen-bond donors (Lipinski definition) is 0. The van der Waals surface area contributed by atoms with Gasteiger partial charge in [0, 0.05) is 12.6 Å². The molecule has 0 aliphatic heterocycles. The minimum atomic E-state index is -0.779. The molecule has 0 bridgehead atoms. The molecule has 0 saturated carbocycles. The van der Waals surface area contributed by atoms with E-state index in [0.29, 0.717) is 6.54 Å². The molecule has 72 valence electrons. The molecule has 13 heavy (non-hydrogen) atoms. The van der Waals surface area contributed by atoms with Gasteiger partial charge in [-0.3, -0.25) is 0 Å². The van der Waals surface area contributed by atoms with Crippen LogP contribution in [0.5, 0.6) is 0 Å². The topological polar surface area (TPSA) is 3.24 Å². The zero-order chi connectivity index (χ0) is 9.84. The van der Waals surface area contributed by atoms with Crippen molar-refractivity contribution >= 4 is 5.69 Å². The molecule has 0 N–H and O–H groups in total. The Morgan fingerprint density at radius 2 is 2.00 bits per heavy atom. The van der Waals surface area contributed by atoms with Crippen LogP contribution in [0.2, 0.25) is 0 Å². The fourth-order valence-corrected chi connectivity index (χ4v) is 1.06. The maximum atomic E-state index is 13.0. The fourth-order valence-electron chi connectivity index (χ4n) is 1.06. The van der Waals surface area contributed by atoms with Gasteiger partial charge >= 0.3 is 0 Å². The van der Waals surface area contributed by atoms with Crippen molar-refractivity contribution in [2.45, 2.75) is 6.92 Å². The standard InChI is InChI=1S/C9H10F3N/c1-2-13(6-10)9-4-3-7(11)5-8(9)12/h3-5H,2,6H2,1H3. The second-order valence-corrected chi connectivity index (χ2v) is 2.57. The molecular formula is C9H10F3N. The lowest BCUT2D eigenvalue weighted by Crippen LogP contribution is -2.22. The van der Waals surface area contributed by atoms with Crippen LogP contribution in [0.4, 0.5) is 18.9 Å². The van der Waals surface area contributed by atoms with Crippen molar-refractivity contribution in [2.75, 3.05) is 18.2 Å². The van der Waals surface area contributed by atoms with Gasteiger partial charge in [-0.1, -0.05) is 0 Å². The quantitative estimate of drug-likeness (QED) is 0.661. The first-order valence-corrected chi connectivity index (χ1v) is 3.95. The average molecular weight is 189 g/mol. The molecule has 0 atom stereocenters. The normalized spacial score (nSPS) is 10.2. The van der Waals surface area contributed by atoms with Gasteiger partial charge < -0.3 is 4.90 Å². The Balaban J connectivity index is 2.99. The van der Waals surface area contributed by atoms with Crippen LogP contribution in [-0.2, 0) is 0 Å². The summed E-state index contributed by atoms with van der Waals surface area (Å²) in [7, 11) is 0. The molecule has 1 aromatic carbocycles. The summed E-state index contributed by atoms with van der Waals surface area (Å²) in [5.41, 5.74) is 0.0893. The van der Waals surface area contributed by atoms with E-state index in [2.05, 4.69) is 0 Å². The maximum absolute atomic E-state index is 13.0. The molecule has 0 saturated heterocycles. The summed E-state index contributed by atoms with van der Waals surface area (Å²) in [6.07, 6.45) is 0. The first-order valence-electron chi connectivity index (χ1n) is 3.95. The van der Waals surface area contributed by atoms with Gasteiger partial charge in [0.2, 0.25) is 0 Å². The highest BCUT2D eigenvalue weighted by atomic mass is 19.1. The summed E-state index contributed by atoms with van der Waals surface area (Å²) in [6.45, 7) is 1.26. The van der Waals surface area contributed by atoms with Gasteiger partial charge in [0.25, 0.3) is 0 Å². The number of halogens is 3. The molecule has 0 unspecified atom stereocenters. The summed E-state index contributed by atoms with van der Waals surface area (Å²) >= 11 is 0. The maximum Gasteiger partial charge on any atom is 0.162 e. The minimum Gasteiger partial charge on any atom is -0.342 e. The zero-order valence-electron chi connectivity index (χ0n) is 7.23. The molecule has 1 rings (SSSR count). The molecule has 1 nitrogen and oxygen atoms in total. The van der Waals surface area contributed by atoms with Crippen LogP contribution in [0.1, 0.15) is 6.92 Å². The summed E-state index contributed by atoms with van der Waals surface area (Å²) in [5, 5.41) is 0. The lowest BCUT2D eigenvalue weighted by Gasteiger charge is -2.19. The van der Waals surface area contributed by atoms with Crippen LogP contribution in [0.15, 0.2) is 18.2 Å². The second-order valence-electron chi connectivity index (χ2n) is 2.57. The Labute approximate surface area is 74.8 Å². The van der Waals surface area contributed by atoms with Gasteiger partial charge in [0.05, 0.1) is 5.69 Å². The predicted molar refractivity (Wildman–Crippen MR) is 45.4 cm³/mol. The Kier molecular flexibility index (Phi) is 3.17. The highest BCUT2D eigenvalue weighted by molar-refractivity contribution is 5.47. The molecule has 0 radical (unpaired) electrons. The summed E-state index contributed by atoms with van der Waals surface area (Å²) in [4.78, 5) is 1.18. The lowest BCUT2D eigenvalue weighted by atomic mass is 10.3. The van der Waals surface area contributed by atoms with E-state index in [1.54, 1.807) is 6.92 Å². The predicted octanol–water partition coefficient (Wildman–Crippen LogP) is 2.72. The van der Waals surface area contributed by atoms with Crippen molar-refractivity contribution in [3.05, 3.63) is 29.8 Å². The highest BCUT2D eigenvalue weighted by Gasteiger charge is 2.09. The smallest absolute Gasteiger partial charge is 0.162 e. The monoisotopic (exact) mass is 189 g/mol. The molecule has 4 heteroatoms. The average Bonchev–Trinajstić information content (AvgIpc) is 2.10. The van der Waals surface area contributed by atoms with E-state index < -0.39 is 18.4 Å². The molecule has 0 aliphatic rings. The summed E-state index contributed by atoms with van der Waals surface area (Å²) in [6, 6.07) is 3.08. The fraction of sp³-hybridized carbons (Fsp3) is 0.333. The van der Waals surface area contributed by atoms with Crippen molar-refractivity contribution in [1.82, 2.24) is 0 Å². The summed E-state index contributed by atoms with van der Waals surface area (Å²) in [5.74, 6) is -1.39. The molecule has 0 heterocycles. The minimum absolute atomic E-state index is 0.0893. The van der Waals surface area contributed by atoms with Crippen LogP contribution in [0.25, 0.3) is 0 Å². The Morgan fingerprint density at radius 1 is 1.31 bits per heavy atom. The van der Waals surface area contributed by atoms with Crippen molar-refractivity contribution in [3.63, 3.8) is 0 Å². The Hall–Kier alpha value is -1.19. The Morgan fingerprint density at radius 3 is 2.46 bits per heavy atom. The number of rotatable bonds is 3. The van der Waals surface area contributed by atoms with E-state index in [1.807, 2.05) is 0 Å². The van der Waals surface area contributed by atoms with Gasteiger partial charge in [-0.05, 0) is 19.1 Å². The van der Waals surface area contributed by atoms with Crippen LogP contribution < -0.4 is 4.90 Å². The van der Waals surface area contributed by atoms with Crippen LogP contribution >= 0.6 is 0 Å². The van der Waals surface area contributed by atoms with Gasteiger partial charge in [0.1, 0.15) is 11.6 Å². The Bertz CT molecular complexity index is 284. The molecule has 0 aliphatic carbocycles. The number of benzene rings is 1. The van der Waals surface area contributed by atoms with Crippen LogP contribution in [0.3, 0.4) is 0 Å². The van der Waals surface area contributed by atoms with Crippen molar-refractivity contribution in [1.29, 1.82) is 0 Å². The van der Waals surface area contributed by atoms with E-state index in [9.17, 15) is 13.2 Å².